The number of carbonyl (C=O) groups excluding carboxylic acids is 2. The molecule has 1 aromatic rings. The number of hydrogen-bond donors (Lipinski definition) is 1. The van der Waals surface area contributed by atoms with E-state index in [1.807, 2.05) is 6.92 Å². The average molecular weight is 425 g/mol. The van der Waals surface area contributed by atoms with Crippen LogP contribution in [0.15, 0.2) is 27.9 Å². The van der Waals surface area contributed by atoms with Gasteiger partial charge in [0, 0.05) is 17.2 Å². The Hall–Kier alpha value is -2.22. The van der Waals surface area contributed by atoms with Crippen molar-refractivity contribution in [2.75, 3.05) is 20.4 Å². The van der Waals surface area contributed by atoms with E-state index in [4.69, 9.17) is 14.2 Å². The van der Waals surface area contributed by atoms with Gasteiger partial charge < -0.3 is 24.4 Å². The zero-order valence-electron chi connectivity index (χ0n) is 14.9. The van der Waals surface area contributed by atoms with Crippen LogP contribution in [0.4, 0.5) is 4.79 Å². The largest absolute Gasteiger partial charge is 0.462 e. The van der Waals surface area contributed by atoms with Crippen molar-refractivity contribution in [3.8, 4) is 11.5 Å². The van der Waals surface area contributed by atoms with Crippen molar-refractivity contribution in [2.24, 2.45) is 0 Å². The second-order valence-corrected chi connectivity index (χ2v) is 7.01. The molecule has 0 bridgehead atoms. The summed E-state index contributed by atoms with van der Waals surface area (Å²) in [5.41, 5.74) is 1.67. The number of fused-ring (bicyclic) bond motifs is 1. The van der Waals surface area contributed by atoms with Gasteiger partial charge in [0.05, 0.1) is 18.2 Å². The van der Waals surface area contributed by atoms with Gasteiger partial charge in [-0.05, 0) is 31.0 Å². The molecule has 1 N–H and O–H groups in total. The van der Waals surface area contributed by atoms with E-state index in [1.165, 1.54) is 4.90 Å². The fraction of sp³-hybridized carbons (Fsp3) is 0.444. The third-order valence-corrected chi connectivity index (χ3v) is 5.19. The van der Waals surface area contributed by atoms with E-state index in [2.05, 4.69) is 21.2 Å². The summed E-state index contributed by atoms with van der Waals surface area (Å²) in [5.74, 6) is 0.762. The van der Waals surface area contributed by atoms with Crippen molar-refractivity contribution in [2.45, 2.75) is 32.7 Å². The lowest BCUT2D eigenvalue weighted by atomic mass is 9.94. The Labute approximate surface area is 160 Å². The number of nitrogens with zero attached hydrogens (tertiary/aromatic N) is 1. The lowest BCUT2D eigenvalue weighted by Gasteiger charge is -2.33. The Morgan fingerprint density at radius 2 is 2.08 bits per heavy atom. The highest BCUT2D eigenvalue weighted by atomic mass is 79.9. The number of ether oxygens (including phenoxy) is 3. The Morgan fingerprint density at radius 3 is 2.77 bits per heavy atom. The Morgan fingerprint density at radius 1 is 1.38 bits per heavy atom. The summed E-state index contributed by atoms with van der Waals surface area (Å²) in [7, 11) is 1.62. The van der Waals surface area contributed by atoms with E-state index < -0.39 is 12.0 Å². The number of nitrogens with one attached hydrogen (secondary N) is 1. The number of unbranched alkanes of at least 4 members (excludes halogenated alkanes) is 1. The maximum absolute atomic E-state index is 12.7. The molecule has 0 unspecified atom stereocenters. The summed E-state index contributed by atoms with van der Waals surface area (Å²) >= 11 is 3.51. The molecule has 0 saturated carbocycles. The molecule has 0 aromatic heterocycles. The second-order valence-electron chi connectivity index (χ2n) is 6.16. The van der Waals surface area contributed by atoms with Crippen LogP contribution in [0.1, 0.15) is 38.3 Å². The van der Waals surface area contributed by atoms with Gasteiger partial charge >= 0.3 is 12.0 Å². The van der Waals surface area contributed by atoms with Gasteiger partial charge in [-0.1, -0.05) is 29.3 Å². The van der Waals surface area contributed by atoms with Crippen molar-refractivity contribution in [3.63, 3.8) is 0 Å². The fourth-order valence-corrected chi connectivity index (χ4v) is 3.43. The lowest BCUT2D eigenvalue weighted by molar-refractivity contribution is -0.139. The number of benzene rings is 1. The molecule has 2 heterocycles. The number of halogens is 1. The summed E-state index contributed by atoms with van der Waals surface area (Å²) in [6, 6.07) is 2.62. The Kier molecular flexibility index (Phi) is 5.41. The average Bonchev–Trinajstić information content (AvgIpc) is 3.06. The number of allylic oxidation sites excluding steroid dienone is 1. The molecule has 8 heteroatoms. The maximum Gasteiger partial charge on any atom is 0.338 e. The number of urea groups is 1. The van der Waals surface area contributed by atoms with E-state index in [0.717, 1.165) is 12.8 Å². The first kappa shape index (κ1) is 18.6. The standard InChI is InChI=1S/C18H21BrN2O5/c1-4-5-6-24-17(22)15-10(2)21(3)18(23)20-16(15)11-7-13-14(8-12(11)19)26-9-25-13/h7-8,16H,4-6,9H2,1-3H3,(H,20,23)/t16-/m0/s1. The van der Waals surface area contributed by atoms with Crippen molar-refractivity contribution in [1.82, 2.24) is 10.2 Å². The number of hydrogen-bond acceptors (Lipinski definition) is 5. The van der Waals surface area contributed by atoms with Crippen LogP contribution >= 0.6 is 15.9 Å². The Balaban J connectivity index is 2.00. The van der Waals surface area contributed by atoms with Crippen LogP contribution in [0.2, 0.25) is 0 Å². The molecular weight excluding hydrogens is 404 g/mol. The normalized spacial score (nSPS) is 18.8. The zero-order chi connectivity index (χ0) is 18.8. The lowest BCUT2D eigenvalue weighted by Crippen LogP contribution is -2.46. The second kappa shape index (κ2) is 7.57. The summed E-state index contributed by atoms with van der Waals surface area (Å²) < 4.78 is 16.9. The minimum atomic E-state index is -0.642. The molecule has 2 amide bonds. The molecule has 0 fully saturated rings. The predicted octanol–water partition coefficient (Wildman–Crippen LogP) is 3.49. The molecule has 0 spiro atoms. The van der Waals surface area contributed by atoms with E-state index in [9.17, 15) is 9.59 Å². The number of amides is 2. The predicted molar refractivity (Wildman–Crippen MR) is 97.9 cm³/mol. The van der Waals surface area contributed by atoms with E-state index in [-0.39, 0.29) is 12.8 Å². The van der Waals surface area contributed by atoms with Crippen molar-refractivity contribution in [3.05, 3.63) is 33.4 Å². The van der Waals surface area contributed by atoms with E-state index >= 15 is 0 Å². The molecule has 7 nitrogen and oxygen atoms in total. The van der Waals surface area contributed by atoms with Crippen molar-refractivity contribution in [1.29, 1.82) is 0 Å². The number of esters is 1. The van der Waals surface area contributed by atoms with Crippen LogP contribution < -0.4 is 14.8 Å². The van der Waals surface area contributed by atoms with Gasteiger partial charge in [-0.15, -0.1) is 0 Å². The number of carbonyl (C=O) groups is 2. The highest BCUT2D eigenvalue weighted by Crippen LogP contribution is 2.42. The third kappa shape index (κ3) is 3.38. The molecule has 1 aromatic carbocycles. The van der Waals surface area contributed by atoms with Crippen LogP contribution in [0.25, 0.3) is 0 Å². The fourth-order valence-electron chi connectivity index (χ4n) is 2.87. The molecule has 2 aliphatic heterocycles. The smallest absolute Gasteiger partial charge is 0.338 e. The van der Waals surface area contributed by atoms with Gasteiger partial charge in [-0.2, -0.15) is 0 Å². The number of rotatable bonds is 5. The van der Waals surface area contributed by atoms with Gasteiger partial charge in [0.15, 0.2) is 11.5 Å². The monoisotopic (exact) mass is 424 g/mol. The van der Waals surface area contributed by atoms with Crippen LogP contribution in [0, 0.1) is 0 Å². The topological polar surface area (TPSA) is 77.1 Å². The molecular formula is C18H21BrN2O5. The van der Waals surface area contributed by atoms with Gasteiger partial charge in [-0.25, -0.2) is 9.59 Å². The van der Waals surface area contributed by atoms with Gasteiger partial charge in [0.2, 0.25) is 6.79 Å². The molecule has 1 atom stereocenters. The molecule has 2 aliphatic rings. The van der Waals surface area contributed by atoms with Crippen molar-refractivity contribution < 1.29 is 23.8 Å². The minimum Gasteiger partial charge on any atom is -0.462 e. The molecule has 26 heavy (non-hydrogen) atoms. The van der Waals surface area contributed by atoms with Gasteiger partial charge in [0.1, 0.15) is 0 Å². The highest BCUT2D eigenvalue weighted by Gasteiger charge is 2.36. The Bertz CT molecular complexity index is 777. The van der Waals surface area contributed by atoms with E-state index in [1.54, 1.807) is 26.1 Å². The quantitative estimate of drug-likeness (QED) is 0.578. The minimum absolute atomic E-state index is 0.145. The first-order valence-electron chi connectivity index (χ1n) is 8.45. The first-order chi connectivity index (χ1) is 12.4. The van der Waals surface area contributed by atoms with Crippen LogP contribution in [-0.4, -0.2) is 37.3 Å². The zero-order valence-corrected chi connectivity index (χ0v) is 16.5. The summed E-state index contributed by atoms with van der Waals surface area (Å²) in [5, 5.41) is 2.87. The van der Waals surface area contributed by atoms with Crippen LogP contribution in [-0.2, 0) is 9.53 Å². The van der Waals surface area contributed by atoms with E-state index in [0.29, 0.717) is 39.4 Å². The van der Waals surface area contributed by atoms with Crippen molar-refractivity contribution >= 4 is 27.9 Å². The van der Waals surface area contributed by atoms with Crippen LogP contribution in [0.5, 0.6) is 11.5 Å². The SMILES string of the molecule is CCCCOC(=O)C1=C(C)N(C)C(=O)N[C@H]1c1cc2c(cc1Br)OCO2. The first-order valence-corrected chi connectivity index (χ1v) is 9.24. The molecule has 3 rings (SSSR count). The summed E-state index contributed by atoms with van der Waals surface area (Å²) in [6.07, 6.45) is 1.72. The van der Waals surface area contributed by atoms with Gasteiger partial charge in [-0.3, -0.25) is 0 Å². The van der Waals surface area contributed by atoms with Crippen LogP contribution in [0.3, 0.4) is 0 Å². The molecule has 0 radical (unpaired) electrons. The highest BCUT2D eigenvalue weighted by molar-refractivity contribution is 9.10. The summed E-state index contributed by atoms with van der Waals surface area (Å²) in [6.45, 7) is 4.26. The third-order valence-electron chi connectivity index (χ3n) is 4.51. The summed E-state index contributed by atoms with van der Waals surface area (Å²) in [4.78, 5) is 26.5. The molecule has 140 valence electrons. The molecule has 0 saturated heterocycles. The molecule has 0 aliphatic carbocycles. The maximum atomic E-state index is 12.7. The van der Waals surface area contributed by atoms with Gasteiger partial charge in [0.25, 0.3) is 0 Å².